The average Bonchev–Trinajstić information content (AvgIpc) is 3.25. The van der Waals surface area contributed by atoms with Gasteiger partial charge in [0.2, 0.25) is 0 Å². The van der Waals surface area contributed by atoms with Crippen LogP contribution < -0.4 is 10.4 Å². The molecule has 0 saturated heterocycles. The van der Waals surface area contributed by atoms with E-state index in [-0.39, 0.29) is 5.56 Å². The van der Waals surface area contributed by atoms with Crippen LogP contribution in [0.4, 0.5) is 5.69 Å². The largest absolute Gasteiger partial charge is 0.316 e. The van der Waals surface area contributed by atoms with Crippen LogP contribution in [0.1, 0.15) is 19.0 Å². The van der Waals surface area contributed by atoms with Crippen LogP contribution >= 0.6 is 34.5 Å². The number of rotatable bonds is 5. The summed E-state index contributed by atoms with van der Waals surface area (Å²) in [4.78, 5) is 18.8. The van der Waals surface area contributed by atoms with E-state index < -0.39 is 0 Å². The average molecular weight is 473 g/mol. The minimum atomic E-state index is -0.148. The van der Waals surface area contributed by atoms with Gasteiger partial charge in [0.15, 0.2) is 10.5 Å². The molecule has 4 aromatic rings. The fourth-order valence-electron chi connectivity index (χ4n) is 3.55. The Morgan fingerprint density at radius 2 is 1.84 bits per heavy atom. The highest BCUT2D eigenvalue weighted by Crippen LogP contribution is 2.31. The maximum absolute atomic E-state index is 13.3. The first-order chi connectivity index (χ1) is 14.9. The van der Waals surface area contributed by atoms with Crippen molar-refractivity contribution in [3.05, 3.63) is 84.8 Å². The van der Waals surface area contributed by atoms with E-state index in [4.69, 9.17) is 28.2 Å². The Kier molecular flexibility index (Phi) is 6.23. The lowest BCUT2D eigenvalue weighted by molar-refractivity contribution is 0.630. The van der Waals surface area contributed by atoms with Crippen LogP contribution in [0.15, 0.2) is 63.7 Å². The molecule has 31 heavy (non-hydrogen) atoms. The Morgan fingerprint density at radius 1 is 1.10 bits per heavy atom. The molecular weight excluding hydrogens is 451 g/mol. The van der Waals surface area contributed by atoms with Gasteiger partial charge in [0.1, 0.15) is 0 Å². The third kappa shape index (κ3) is 4.03. The standard InChI is InChI=1S/C23H22Cl2N4OS/c1-4-12-28-20(18-13-16(24)10-11-19(18)25)14-31-23(28)26-21-15(2)27(3)29(22(21)30)17-8-6-5-7-9-17/h5-11,13-14H,4,12H2,1-3H3. The van der Waals surface area contributed by atoms with Crippen LogP contribution in [0.5, 0.6) is 0 Å². The van der Waals surface area contributed by atoms with Gasteiger partial charge in [0, 0.05) is 29.6 Å². The monoisotopic (exact) mass is 472 g/mol. The molecule has 0 N–H and O–H groups in total. The number of hydrogen-bond donors (Lipinski definition) is 0. The molecule has 5 nitrogen and oxygen atoms in total. The predicted molar refractivity (Wildman–Crippen MR) is 129 cm³/mol. The first-order valence-electron chi connectivity index (χ1n) is 9.95. The lowest BCUT2D eigenvalue weighted by Gasteiger charge is -2.09. The summed E-state index contributed by atoms with van der Waals surface area (Å²) in [6.07, 6.45) is 0.914. The Morgan fingerprint density at radius 3 is 2.55 bits per heavy atom. The Labute approximate surface area is 194 Å². The second-order valence-electron chi connectivity index (χ2n) is 7.20. The molecule has 2 heterocycles. The normalized spacial score (nSPS) is 12.0. The van der Waals surface area contributed by atoms with Crippen LogP contribution in [0.25, 0.3) is 16.9 Å². The number of thiazole rings is 1. The SMILES string of the molecule is CCCn1c(-c2cc(Cl)ccc2Cl)csc1=Nc1c(C)n(C)n(-c2ccccc2)c1=O. The molecule has 0 saturated carbocycles. The number of hydrogen-bond acceptors (Lipinski definition) is 3. The van der Waals surface area contributed by atoms with E-state index in [9.17, 15) is 4.79 Å². The van der Waals surface area contributed by atoms with E-state index in [1.807, 2.05) is 60.4 Å². The molecule has 2 aromatic carbocycles. The van der Waals surface area contributed by atoms with Gasteiger partial charge in [0.25, 0.3) is 5.56 Å². The van der Waals surface area contributed by atoms with Crippen molar-refractivity contribution in [3.8, 4) is 16.9 Å². The van der Waals surface area contributed by atoms with Gasteiger partial charge < -0.3 is 4.57 Å². The molecule has 0 amide bonds. The number of para-hydroxylation sites is 1. The molecule has 0 aliphatic heterocycles. The minimum Gasteiger partial charge on any atom is -0.316 e. The van der Waals surface area contributed by atoms with Crippen molar-refractivity contribution in [2.75, 3.05) is 0 Å². The molecule has 0 aliphatic rings. The molecule has 0 unspecified atom stereocenters. The molecule has 0 bridgehead atoms. The second kappa shape index (κ2) is 8.91. The van der Waals surface area contributed by atoms with E-state index in [0.717, 1.165) is 40.4 Å². The lowest BCUT2D eigenvalue weighted by Crippen LogP contribution is -2.20. The van der Waals surface area contributed by atoms with E-state index >= 15 is 0 Å². The van der Waals surface area contributed by atoms with Crippen molar-refractivity contribution in [2.24, 2.45) is 12.0 Å². The smallest absolute Gasteiger partial charge is 0.297 e. The van der Waals surface area contributed by atoms with Gasteiger partial charge in [-0.1, -0.05) is 48.3 Å². The summed E-state index contributed by atoms with van der Waals surface area (Å²) >= 11 is 14.2. The van der Waals surface area contributed by atoms with Crippen LogP contribution in [-0.2, 0) is 13.6 Å². The van der Waals surface area contributed by atoms with E-state index in [1.54, 1.807) is 16.8 Å². The molecule has 0 aliphatic carbocycles. The third-order valence-electron chi connectivity index (χ3n) is 5.18. The van der Waals surface area contributed by atoms with Crippen molar-refractivity contribution in [1.29, 1.82) is 0 Å². The fourth-order valence-corrected chi connectivity index (χ4v) is 4.87. The van der Waals surface area contributed by atoms with Crippen molar-refractivity contribution in [2.45, 2.75) is 26.8 Å². The van der Waals surface area contributed by atoms with Crippen LogP contribution in [0, 0.1) is 6.92 Å². The lowest BCUT2D eigenvalue weighted by atomic mass is 10.1. The molecule has 0 fully saturated rings. The summed E-state index contributed by atoms with van der Waals surface area (Å²) in [5.74, 6) is 0. The van der Waals surface area contributed by atoms with Gasteiger partial charge in [-0.05, 0) is 43.7 Å². The zero-order valence-corrected chi connectivity index (χ0v) is 19.8. The summed E-state index contributed by atoms with van der Waals surface area (Å²) in [6.45, 7) is 4.76. The Balaban J connectivity index is 1.92. The molecule has 2 aromatic heterocycles. The quantitative estimate of drug-likeness (QED) is 0.353. The summed E-state index contributed by atoms with van der Waals surface area (Å²) in [6, 6.07) is 15.0. The van der Waals surface area contributed by atoms with Crippen molar-refractivity contribution >= 4 is 40.2 Å². The van der Waals surface area contributed by atoms with Crippen LogP contribution in [0.3, 0.4) is 0 Å². The molecule has 8 heteroatoms. The Bertz CT molecular complexity index is 1360. The summed E-state index contributed by atoms with van der Waals surface area (Å²) in [5, 5.41) is 3.26. The maximum Gasteiger partial charge on any atom is 0.297 e. The van der Waals surface area contributed by atoms with Gasteiger partial charge in [-0.25, -0.2) is 9.67 Å². The molecule has 160 valence electrons. The topological polar surface area (TPSA) is 44.2 Å². The second-order valence-corrected chi connectivity index (χ2v) is 8.88. The van der Waals surface area contributed by atoms with Gasteiger partial charge in [0.05, 0.1) is 22.1 Å². The zero-order valence-electron chi connectivity index (χ0n) is 17.5. The number of halogens is 2. The highest BCUT2D eigenvalue weighted by Gasteiger charge is 2.17. The molecule has 0 spiro atoms. The van der Waals surface area contributed by atoms with E-state index in [0.29, 0.717) is 15.7 Å². The van der Waals surface area contributed by atoms with Gasteiger partial charge in [-0.3, -0.25) is 9.48 Å². The number of nitrogens with zero attached hydrogens (tertiary/aromatic N) is 4. The van der Waals surface area contributed by atoms with Crippen LogP contribution in [0.2, 0.25) is 10.0 Å². The first kappa shape index (κ1) is 21.7. The van der Waals surface area contributed by atoms with Gasteiger partial charge >= 0.3 is 0 Å². The predicted octanol–water partition coefficient (Wildman–Crippen LogP) is 5.96. The number of benzene rings is 2. The summed E-state index contributed by atoms with van der Waals surface area (Å²) in [7, 11) is 1.87. The first-order valence-corrected chi connectivity index (χ1v) is 11.6. The summed E-state index contributed by atoms with van der Waals surface area (Å²) in [5.41, 5.74) is 3.68. The fraction of sp³-hybridized carbons (Fsp3) is 0.217. The molecule has 4 rings (SSSR count). The number of aromatic nitrogens is 3. The summed E-state index contributed by atoms with van der Waals surface area (Å²) < 4.78 is 5.57. The zero-order chi connectivity index (χ0) is 22.1. The van der Waals surface area contributed by atoms with E-state index in [2.05, 4.69) is 11.5 Å². The minimum absolute atomic E-state index is 0.148. The van der Waals surface area contributed by atoms with Crippen LogP contribution in [-0.4, -0.2) is 13.9 Å². The van der Waals surface area contributed by atoms with Gasteiger partial charge in [-0.2, -0.15) is 0 Å². The van der Waals surface area contributed by atoms with Crippen molar-refractivity contribution < 1.29 is 0 Å². The highest BCUT2D eigenvalue weighted by molar-refractivity contribution is 7.07. The van der Waals surface area contributed by atoms with E-state index in [1.165, 1.54) is 11.3 Å². The van der Waals surface area contributed by atoms with Crippen molar-refractivity contribution in [1.82, 2.24) is 13.9 Å². The molecular formula is C23H22Cl2N4OS. The third-order valence-corrected chi connectivity index (χ3v) is 6.61. The van der Waals surface area contributed by atoms with Crippen molar-refractivity contribution in [3.63, 3.8) is 0 Å². The molecule has 0 radical (unpaired) electrons. The highest BCUT2D eigenvalue weighted by atomic mass is 35.5. The van der Waals surface area contributed by atoms with Gasteiger partial charge in [-0.15, -0.1) is 11.3 Å². The maximum atomic E-state index is 13.3. The molecule has 0 atom stereocenters. The Hall–Kier alpha value is -2.54.